The number of benzene rings is 1. The Balaban J connectivity index is 1.47. The maximum Gasteiger partial charge on any atom is 0.272 e. The van der Waals surface area contributed by atoms with E-state index in [1.165, 1.54) is 0 Å². The van der Waals surface area contributed by atoms with Gasteiger partial charge in [-0.05, 0) is 19.1 Å². The third-order valence-electron chi connectivity index (χ3n) is 4.95. The predicted molar refractivity (Wildman–Crippen MR) is 111 cm³/mol. The smallest absolute Gasteiger partial charge is 0.272 e. The van der Waals surface area contributed by atoms with Crippen LogP contribution in [-0.2, 0) is 0 Å². The molecule has 4 rings (SSSR count). The highest BCUT2D eigenvalue weighted by Gasteiger charge is 2.24. The van der Waals surface area contributed by atoms with Crippen molar-refractivity contribution >= 4 is 28.6 Å². The molecule has 3 aromatic rings. The van der Waals surface area contributed by atoms with E-state index in [1.54, 1.807) is 0 Å². The van der Waals surface area contributed by atoms with Crippen molar-refractivity contribution in [1.82, 2.24) is 19.9 Å². The topological polar surface area (TPSA) is 65.5 Å². The van der Waals surface area contributed by atoms with Crippen LogP contribution in [0.5, 0.6) is 0 Å². The molecule has 0 N–H and O–H groups in total. The summed E-state index contributed by atoms with van der Waals surface area (Å²) in [5.74, 6) is 1.59. The number of piperazine rings is 1. The lowest BCUT2D eigenvalue weighted by Gasteiger charge is -2.35. The lowest BCUT2D eigenvalue weighted by atomic mass is 10.2. The Morgan fingerprint density at radius 2 is 1.71 bits per heavy atom. The van der Waals surface area contributed by atoms with E-state index >= 15 is 0 Å². The lowest BCUT2D eigenvalue weighted by Crippen LogP contribution is -2.49. The molecule has 7 heteroatoms. The van der Waals surface area contributed by atoms with Crippen molar-refractivity contribution in [3.05, 3.63) is 53.9 Å². The standard InChI is InChI=1S/C21H24N6O/c1-15-14-19(25(2)3)24-21(22-15)27-12-10-26(11-13-27)20(28)18-9-8-16-6-4-5-7-17(16)23-18/h4-9,14H,10-13H2,1-3H3. The van der Waals surface area contributed by atoms with Gasteiger partial charge in [-0.25, -0.2) is 9.97 Å². The number of amides is 1. The number of pyridine rings is 1. The average molecular weight is 376 g/mol. The molecule has 0 saturated carbocycles. The molecule has 2 aromatic heterocycles. The van der Waals surface area contributed by atoms with E-state index in [9.17, 15) is 4.79 Å². The number of carbonyl (C=O) groups excluding carboxylic acids is 1. The molecule has 0 unspecified atom stereocenters. The maximum absolute atomic E-state index is 12.9. The van der Waals surface area contributed by atoms with Crippen molar-refractivity contribution in [3.8, 4) is 0 Å². The molecule has 7 nitrogen and oxygen atoms in total. The van der Waals surface area contributed by atoms with Gasteiger partial charge >= 0.3 is 0 Å². The maximum atomic E-state index is 12.9. The van der Waals surface area contributed by atoms with Crippen molar-refractivity contribution in [2.24, 2.45) is 0 Å². The second-order valence-electron chi connectivity index (χ2n) is 7.23. The Morgan fingerprint density at radius 3 is 2.46 bits per heavy atom. The van der Waals surface area contributed by atoms with Crippen LogP contribution in [0.2, 0.25) is 0 Å². The number of carbonyl (C=O) groups is 1. The molecule has 0 radical (unpaired) electrons. The van der Waals surface area contributed by atoms with Gasteiger partial charge < -0.3 is 14.7 Å². The summed E-state index contributed by atoms with van der Waals surface area (Å²) >= 11 is 0. The highest BCUT2D eigenvalue weighted by Crippen LogP contribution is 2.18. The third kappa shape index (κ3) is 3.60. The first kappa shape index (κ1) is 18.2. The number of hydrogen-bond acceptors (Lipinski definition) is 6. The molecular weight excluding hydrogens is 352 g/mol. The quantitative estimate of drug-likeness (QED) is 0.699. The van der Waals surface area contributed by atoms with Gasteiger partial charge in [-0.3, -0.25) is 4.79 Å². The van der Waals surface area contributed by atoms with E-state index in [1.807, 2.05) is 73.3 Å². The Labute approximate surface area is 164 Å². The zero-order valence-corrected chi connectivity index (χ0v) is 16.5. The number of aryl methyl sites for hydroxylation is 1. The molecule has 28 heavy (non-hydrogen) atoms. The summed E-state index contributed by atoms with van der Waals surface area (Å²) in [5.41, 5.74) is 2.28. The largest absolute Gasteiger partial charge is 0.363 e. The fraction of sp³-hybridized carbons (Fsp3) is 0.333. The fourth-order valence-corrected chi connectivity index (χ4v) is 3.36. The van der Waals surface area contributed by atoms with Gasteiger partial charge in [0.25, 0.3) is 5.91 Å². The van der Waals surface area contributed by atoms with E-state index in [-0.39, 0.29) is 5.91 Å². The molecule has 3 heterocycles. The van der Waals surface area contributed by atoms with E-state index in [0.717, 1.165) is 28.4 Å². The Hall–Kier alpha value is -3.22. The third-order valence-corrected chi connectivity index (χ3v) is 4.95. The highest BCUT2D eigenvalue weighted by atomic mass is 16.2. The minimum absolute atomic E-state index is 0.0236. The summed E-state index contributed by atoms with van der Waals surface area (Å²) in [6, 6.07) is 13.6. The van der Waals surface area contributed by atoms with Crippen LogP contribution < -0.4 is 9.80 Å². The zero-order chi connectivity index (χ0) is 19.7. The number of aromatic nitrogens is 3. The minimum atomic E-state index is -0.0236. The predicted octanol–water partition coefficient (Wildman–Crippen LogP) is 2.36. The summed E-state index contributed by atoms with van der Waals surface area (Å²) in [4.78, 5) is 32.6. The van der Waals surface area contributed by atoms with E-state index in [2.05, 4.69) is 19.9 Å². The van der Waals surface area contributed by atoms with E-state index in [0.29, 0.717) is 31.9 Å². The summed E-state index contributed by atoms with van der Waals surface area (Å²) in [6.45, 7) is 4.64. The lowest BCUT2D eigenvalue weighted by molar-refractivity contribution is 0.0740. The van der Waals surface area contributed by atoms with Gasteiger partial charge in [0.2, 0.25) is 5.95 Å². The van der Waals surface area contributed by atoms with Crippen LogP contribution in [0.25, 0.3) is 10.9 Å². The van der Waals surface area contributed by atoms with Gasteiger partial charge in [-0.15, -0.1) is 0 Å². The van der Waals surface area contributed by atoms with Crippen LogP contribution in [0.3, 0.4) is 0 Å². The van der Waals surface area contributed by atoms with Crippen LogP contribution in [0.15, 0.2) is 42.5 Å². The van der Waals surface area contributed by atoms with Gasteiger partial charge in [0, 0.05) is 57.4 Å². The van der Waals surface area contributed by atoms with Crippen LogP contribution in [0.1, 0.15) is 16.2 Å². The number of nitrogens with zero attached hydrogens (tertiary/aromatic N) is 6. The molecule has 0 aliphatic carbocycles. The van der Waals surface area contributed by atoms with Gasteiger partial charge in [-0.1, -0.05) is 24.3 Å². The molecule has 1 aliphatic rings. The molecule has 1 saturated heterocycles. The molecule has 0 bridgehead atoms. The second-order valence-corrected chi connectivity index (χ2v) is 7.23. The van der Waals surface area contributed by atoms with Crippen molar-refractivity contribution in [3.63, 3.8) is 0 Å². The number of anilines is 2. The molecule has 0 atom stereocenters. The average Bonchev–Trinajstić information content (AvgIpc) is 2.72. The Morgan fingerprint density at radius 1 is 0.964 bits per heavy atom. The highest BCUT2D eigenvalue weighted by molar-refractivity contribution is 5.95. The summed E-state index contributed by atoms with van der Waals surface area (Å²) in [6.07, 6.45) is 0. The molecule has 1 aliphatic heterocycles. The first-order valence-corrected chi connectivity index (χ1v) is 9.44. The summed E-state index contributed by atoms with van der Waals surface area (Å²) in [5, 5.41) is 1.04. The molecule has 144 valence electrons. The Bertz CT molecular complexity index is 1010. The van der Waals surface area contributed by atoms with Gasteiger partial charge in [-0.2, -0.15) is 4.98 Å². The summed E-state index contributed by atoms with van der Waals surface area (Å²) in [7, 11) is 3.94. The molecule has 1 fully saturated rings. The Kier molecular flexibility index (Phi) is 4.81. The van der Waals surface area contributed by atoms with Crippen molar-refractivity contribution in [1.29, 1.82) is 0 Å². The first-order chi connectivity index (χ1) is 13.5. The zero-order valence-electron chi connectivity index (χ0n) is 16.5. The fourth-order valence-electron chi connectivity index (χ4n) is 3.36. The number of hydrogen-bond donors (Lipinski definition) is 0. The van der Waals surface area contributed by atoms with Crippen LogP contribution in [-0.4, -0.2) is 66.0 Å². The number of rotatable bonds is 3. The normalized spacial score (nSPS) is 14.4. The van der Waals surface area contributed by atoms with Crippen LogP contribution in [0.4, 0.5) is 11.8 Å². The summed E-state index contributed by atoms with van der Waals surface area (Å²) < 4.78 is 0. The van der Waals surface area contributed by atoms with Crippen molar-refractivity contribution in [2.75, 3.05) is 50.1 Å². The van der Waals surface area contributed by atoms with E-state index in [4.69, 9.17) is 0 Å². The molecule has 1 aromatic carbocycles. The SMILES string of the molecule is Cc1cc(N(C)C)nc(N2CCN(C(=O)c3ccc4ccccc4n3)CC2)n1. The minimum Gasteiger partial charge on any atom is -0.363 e. The second kappa shape index (κ2) is 7.42. The van der Waals surface area contributed by atoms with Gasteiger partial charge in [0.15, 0.2) is 0 Å². The molecular formula is C21H24N6O. The van der Waals surface area contributed by atoms with Crippen molar-refractivity contribution < 1.29 is 4.79 Å². The van der Waals surface area contributed by atoms with Gasteiger partial charge in [0.05, 0.1) is 5.52 Å². The van der Waals surface area contributed by atoms with Crippen LogP contribution in [0, 0.1) is 6.92 Å². The van der Waals surface area contributed by atoms with Gasteiger partial charge in [0.1, 0.15) is 11.5 Å². The molecule has 1 amide bonds. The number of para-hydroxylation sites is 1. The van der Waals surface area contributed by atoms with Crippen LogP contribution >= 0.6 is 0 Å². The molecule has 0 spiro atoms. The van der Waals surface area contributed by atoms with E-state index < -0.39 is 0 Å². The monoisotopic (exact) mass is 376 g/mol. The number of fused-ring (bicyclic) bond motifs is 1. The first-order valence-electron chi connectivity index (χ1n) is 9.44. The van der Waals surface area contributed by atoms with Crippen molar-refractivity contribution in [2.45, 2.75) is 6.92 Å².